The van der Waals surface area contributed by atoms with Gasteiger partial charge in [-0.05, 0) is 112 Å². The fourth-order valence-corrected chi connectivity index (χ4v) is 11.2. The highest BCUT2D eigenvalue weighted by molar-refractivity contribution is 7.21. The van der Waals surface area contributed by atoms with E-state index in [2.05, 4.69) is 75.9 Å². The van der Waals surface area contributed by atoms with E-state index >= 15 is 0 Å². The van der Waals surface area contributed by atoms with E-state index in [0.717, 1.165) is 136 Å². The fraction of sp³-hybridized carbons (Fsp3) is 0.440. The molecule has 1 saturated carbocycles. The highest BCUT2D eigenvalue weighted by Gasteiger charge is 2.32. The minimum Gasteiger partial charge on any atom is -0.381 e. The van der Waals surface area contributed by atoms with E-state index < -0.39 is 11.9 Å². The van der Waals surface area contributed by atoms with Gasteiger partial charge in [0.1, 0.15) is 10.9 Å². The van der Waals surface area contributed by atoms with Gasteiger partial charge in [0.15, 0.2) is 0 Å². The van der Waals surface area contributed by atoms with Gasteiger partial charge in [0, 0.05) is 59.6 Å². The zero-order valence-electron chi connectivity index (χ0n) is 36.3. The molecule has 2 fully saturated rings. The van der Waals surface area contributed by atoms with Crippen LogP contribution in [0.1, 0.15) is 130 Å². The molecule has 3 aromatic carbocycles. The largest absolute Gasteiger partial charge is 0.381 e. The number of piperidine rings is 1. The normalized spacial score (nSPS) is 20.3. The molecule has 0 spiro atoms. The van der Waals surface area contributed by atoms with E-state index in [1.807, 2.05) is 19.1 Å². The Balaban J connectivity index is 0.692. The van der Waals surface area contributed by atoms with Crippen molar-refractivity contribution in [2.75, 3.05) is 11.9 Å². The van der Waals surface area contributed by atoms with Crippen molar-refractivity contribution in [1.29, 1.82) is 0 Å². The molecule has 328 valence electrons. The van der Waals surface area contributed by atoms with E-state index in [1.54, 1.807) is 16.2 Å². The van der Waals surface area contributed by atoms with Crippen molar-refractivity contribution in [3.8, 4) is 11.3 Å². The summed E-state index contributed by atoms with van der Waals surface area (Å²) < 4.78 is 4.27. The topological polar surface area (TPSA) is 156 Å². The summed E-state index contributed by atoms with van der Waals surface area (Å²) in [5.41, 5.74) is 7.66. The quantitative estimate of drug-likeness (QED) is 0.0630. The molecule has 1 saturated heterocycles. The number of benzene rings is 3. The monoisotopic (exact) mass is 867 g/mol. The number of hydrogen-bond acceptors (Lipinski definition) is 8. The summed E-state index contributed by atoms with van der Waals surface area (Å²) in [7, 11) is 1.76. The number of carbonyl (C=O) groups excluding carboxylic acids is 4. The Hall–Kier alpha value is -5.82. The molecule has 6 aromatic rings. The first-order valence-corrected chi connectivity index (χ1v) is 23.8. The molecule has 9 rings (SSSR count). The van der Waals surface area contributed by atoms with Crippen molar-refractivity contribution >= 4 is 72.7 Å². The number of thiophene rings is 1. The van der Waals surface area contributed by atoms with Crippen molar-refractivity contribution in [3.63, 3.8) is 0 Å². The van der Waals surface area contributed by atoms with Crippen LogP contribution in [0.15, 0.2) is 71.5 Å². The Kier molecular flexibility index (Phi) is 12.5. The molecule has 2 atom stereocenters. The summed E-state index contributed by atoms with van der Waals surface area (Å²) in [6.45, 7) is 2.69. The lowest BCUT2D eigenvalue weighted by Gasteiger charge is -2.29. The van der Waals surface area contributed by atoms with E-state index in [0.29, 0.717) is 25.3 Å². The van der Waals surface area contributed by atoms with E-state index in [9.17, 15) is 24.0 Å². The molecule has 1 unspecified atom stereocenters. The molecule has 13 heteroatoms. The van der Waals surface area contributed by atoms with Crippen LogP contribution in [0.4, 0.5) is 5.69 Å². The Morgan fingerprint density at radius 1 is 0.873 bits per heavy atom. The van der Waals surface area contributed by atoms with Gasteiger partial charge in [-0.25, -0.2) is 9.78 Å². The van der Waals surface area contributed by atoms with Crippen molar-refractivity contribution in [3.05, 3.63) is 93.2 Å². The van der Waals surface area contributed by atoms with Crippen LogP contribution in [0.2, 0.25) is 0 Å². The molecule has 4 N–H and O–H groups in total. The summed E-state index contributed by atoms with van der Waals surface area (Å²) in [6, 6.07) is 22.7. The number of aryl methyl sites for hydroxylation is 2. The van der Waals surface area contributed by atoms with Crippen LogP contribution in [-0.4, -0.2) is 56.4 Å². The van der Waals surface area contributed by atoms with Gasteiger partial charge >= 0.3 is 5.69 Å². The molecule has 5 heterocycles. The summed E-state index contributed by atoms with van der Waals surface area (Å²) in [4.78, 5) is 69.1. The minimum absolute atomic E-state index is 0.0228. The number of amides is 4. The third kappa shape index (κ3) is 8.89. The minimum atomic E-state index is -0.676. The molecule has 1 aliphatic carbocycles. The van der Waals surface area contributed by atoms with E-state index in [1.165, 1.54) is 16.9 Å². The number of aromatic nitrogens is 3. The molecule has 3 aliphatic rings. The van der Waals surface area contributed by atoms with Gasteiger partial charge in [0.2, 0.25) is 17.7 Å². The molecular weight excluding hydrogens is 811 g/mol. The lowest BCUT2D eigenvalue weighted by Crippen LogP contribution is -2.44. The van der Waals surface area contributed by atoms with Crippen LogP contribution >= 0.6 is 11.3 Å². The SMILES string of the molecule is C[C@@H]1CNc2c(sc3ccc4nc(-c5cccc(C6CCC(NC(=O)CCCCCCCCCc7cccc8c7n(C)c(=O)n8C7CCC(=O)NC7=O)CC6)c5)ccc4c23)C(=O)N1. The van der Waals surface area contributed by atoms with Crippen molar-refractivity contribution in [1.82, 2.24) is 30.1 Å². The number of unbranched alkanes of at least 4 members (excludes halogenated alkanes) is 6. The van der Waals surface area contributed by atoms with Gasteiger partial charge in [-0.15, -0.1) is 11.3 Å². The van der Waals surface area contributed by atoms with Gasteiger partial charge in [-0.1, -0.05) is 62.4 Å². The van der Waals surface area contributed by atoms with Gasteiger partial charge in [-0.3, -0.25) is 33.6 Å². The van der Waals surface area contributed by atoms with Crippen LogP contribution in [0.25, 0.3) is 43.3 Å². The van der Waals surface area contributed by atoms with E-state index in [4.69, 9.17) is 4.98 Å². The molecule has 12 nitrogen and oxygen atoms in total. The number of nitrogens with zero attached hydrogens (tertiary/aromatic N) is 3. The summed E-state index contributed by atoms with van der Waals surface area (Å²) in [5, 5.41) is 14.4. The molecular formula is C50H57N7O5S. The number of rotatable bonds is 14. The number of nitrogens with one attached hydrogen (secondary N) is 4. The van der Waals surface area contributed by atoms with Crippen LogP contribution < -0.4 is 27.0 Å². The smallest absolute Gasteiger partial charge is 0.329 e. The van der Waals surface area contributed by atoms with Crippen molar-refractivity contribution in [2.45, 2.75) is 127 Å². The Labute approximate surface area is 371 Å². The first-order valence-electron chi connectivity index (χ1n) is 23.0. The van der Waals surface area contributed by atoms with Crippen LogP contribution in [-0.2, 0) is 27.9 Å². The van der Waals surface area contributed by atoms with Gasteiger partial charge in [0.25, 0.3) is 5.91 Å². The highest BCUT2D eigenvalue weighted by Crippen LogP contribution is 2.42. The molecule has 2 aliphatic heterocycles. The zero-order chi connectivity index (χ0) is 43.6. The second kappa shape index (κ2) is 18.5. The second-order valence-electron chi connectivity index (χ2n) is 17.9. The van der Waals surface area contributed by atoms with Crippen LogP contribution in [0.5, 0.6) is 0 Å². The first kappa shape index (κ1) is 42.5. The number of imidazole rings is 1. The summed E-state index contributed by atoms with van der Waals surface area (Å²) in [6.07, 6.45) is 13.5. The second-order valence-corrected chi connectivity index (χ2v) is 19.0. The van der Waals surface area contributed by atoms with Crippen LogP contribution in [0, 0.1) is 0 Å². The number of fused-ring (bicyclic) bond motifs is 6. The van der Waals surface area contributed by atoms with Crippen molar-refractivity contribution < 1.29 is 19.2 Å². The Morgan fingerprint density at radius 3 is 2.46 bits per heavy atom. The van der Waals surface area contributed by atoms with E-state index in [-0.39, 0.29) is 41.9 Å². The Bertz CT molecular complexity index is 2780. The average molecular weight is 868 g/mol. The van der Waals surface area contributed by atoms with Gasteiger partial charge in [0.05, 0.1) is 27.9 Å². The third-order valence-corrected chi connectivity index (χ3v) is 14.6. The lowest BCUT2D eigenvalue weighted by molar-refractivity contribution is -0.135. The lowest BCUT2D eigenvalue weighted by atomic mass is 9.81. The third-order valence-electron chi connectivity index (χ3n) is 13.5. The predicted octanol–water partition coefficient (Wildman–Crippen LogP) is 8.80. The predicted molar refractivity (Wildman–Crippen MR) is 250 cm³/mol. The molecule has 3 aromatic heterocycles. The fourth-order valence-electron chi connectivity index (χ4n) is 10.1. The standard InChI is InChI=1S/C50H57N7O5S/c1-30-29-51-45-44-36-22-23-37(54-38(36)24-26-41(44)63-47(45)49(61)52-30)34-15-10-14-33(28-34)31-18-20-35(21-19-31)53-42(58)17-9-7-5-3-4-6-8-12-32-13-11-16-39-46(32)56(2)50(62)57(39)40-25-27-43(59)55-48(40)60/h10-11,13-16,22-24,26,28,30-31,35,40,51H,3-9,12,17-21,25,27,29H2,1-2H3,(H,52,61)(H,53,58)(H,55,59,60)/t30-,31?,35?,40?/m1/s1. The van der Waals surface area contributed by atoms with Crippen molar-refractivity contribution in [2.24, 2.45) is 7.05 Å². The molecule has 63 heavy (non-hydrogen) atoms. The number of imide groups is 1. The van der Waals surface area contributed by atoms with Crippen LogP contribution in [0.3, 0.4) is 0 Å². The number of anilines is 1. The number of pyridine rings is 1. The summed E-state index contributed by atoms with van der Waals surface area (Å²) in [5.74, 6) is -0.109. The maximum absolute atomic E-state index is 13.2. The molecule has 4 amide bonds. The number of para-hydroxylation sites is 1. The summed E-state index contributed by atoms with van der Waals surface area (Å²) >= 11 is 1.53. The Morgan fingerprint density at radius 2 is 1.65 bits per heavy atom. The molecule has 0 radical (unpaired) electrons. The maximum atomic E-state index is 13.2. The molecule has 0 bridgehead atoms. The first-order chi connectivity index (χ1) is 30.6. The number of hydrogen-bond donors (Lipinski definition) is 4. The average Bonchev–Trinajstić information content (AvgIpc) is 3.74. The van der Waals surface area contributed by atoms with Gasteiger partial charge < -0.3 is 16.0 Å². The zero-order valence-corrected chi connectivity index (χ0v) is 37.1. The van der Waals surface area contributed by atoms with Gasteiger partial charge in [-0.2, -0.15) is 0 Å². The maximum Gasteiger partial charge on any atom is 0.329 e. The number of carbonyl (C=O) groups is 4. The highest BCUT2D eigenvalue weighted by atomic mass is 32.1.